The van der Waals surface area contributed by atoms with Gasteiger partial charge < -0.3 is 14.7 Å². The third-order valence-electron chi connectivity index (χ3n) is 3.65. The lowest BCUT2D eigenvalue weighted by Gasteiger charge is -2.33. The Kier molecular flexibility index (Phi) is 4.21. The van der Waals surface area contributed by atoms with Crippen LogP contribution in [0.15, 0.2) is 48.5 Å². The predicted octanol–water partition coefficient (Wildman–Crippen LogP) is 2.76. The van der Waals surface area contributed by atoms with Gasteiger partial charge >= 0.3 is 5.97 Å². The highest BCUT2D eigenvalue weighted by Crippen LogP contribution is 2.33. The van der Waals surface area contributed by atoms with Gasteiger partial charge in [-0.05, 0) is 23.8 Å². The average molecular weight is 332 g/mol. The molecular weight excluding hydrogens is 318 g/mol. The maximum Gasteiger partial charge on any atom is 0.346 e. The number of amides is 1. The molecule has 2 aromatic rings. The minimum atomic E-state index is -1.10. The van der Waals surface area contributed by atoms with E-state index in [1.165, 1.54) is 4.90 Å². The van der Waals surface area contributed by atoms with Crippen LogP contribution in [0.5, 0.6) is 5.75 Å². The van der Waals surface area contributed by atoms with Crippen molar-refractivity contribution < 1.29 is 19.4 Å². The van der Waals surface area contributed by atoms with E-state index in [0.717, 1.165) is 0 Å². The third-order valence-corrected chi connectivity index (χ3v) is 4.02. The first-order chi connectivity index (χ1) is 11.1. The Balaban J connectivity index is 1.90. The van der Waals surface area contributed by atoms with Crippen LogP contribution < -0.4 is 9.64 Å². The number of ether oxygens (including phenoxy) is 1. The number of benzene rings is 2. The SMILES string of the molecule is O=C(O)[C@@H]1CN(C(=O)Cc2ccccc2Cl)c2ccccc2O1. The number of halogens is 1. The molecule has 0 aromatic heterocycles. The zero-order valence-corrected chi connectivity index (χ0v) is 12.9. The first-order valence-electron chi connectivity index (χ1n) is 7.08. The lowest BCUT2D eigenvalue weighted by Crippen LogP contribution is -2.47. The fourth-order valence-electron chi connectivity index (χ4n) is 2.50. The van der Waals surface area contributed by atoms with Crippen LogP contribution in [0.1, 0.15) is 5.56 Å². The van der Waals surface area contributed by atoms with Crippen LogP contribution in [0.4, 0.5) is 5.69 Å². The second-order valence-corrected chi connectivity index (χ2v) is 5.59. The van der Waals surface area contributed by atoms with Crippen LogP contribution >= 0.6 is 11.6 Å². The van der Waals surface area contributed by atoms with Crippen molar-refractivity contribution in [3.8, 4) is 5.75 Å². The van der Waals surface area contributed by atoms with Crippen LogP contribution in [-0.2, 0) is 16.0 Å². The van der Waals surface area contributed by atoms with E-state index < -0.39 is 12.1 Å². The Morgan fingerprint density at radius 1 is 1.17 bits per heavy atom. The predicted molar refractivity (Wildman–Crippen MR) is 86.0 cm³/mol. The van der Waals surface area contributed by atoms with Gasteiger partial charge in [-0.25, -0.2) is 4.79 Å². The Morgan fingerprint density at radius 2 is 1.87 bits per heavy atom. The van der Waals surface area contributed by atoms with Crippen molar-refractivity contribution in [2.75, 3.05) is 11.4 Å². The fraction of sp³-hybridized carbons (Fsp3) is 0.176. The minimum Gasteiger partial charge on any atom is -0.478 e. The number of para-hydroxylation sites is 2. The number of aliphatic carboxylic acids is 1. The van der Waals surface area contributed by atoms with E-state index in [1.54, 1.807) is 42.5 Å². The van der Waals surface area contributed by atoms with Crippen LogP contribution in [-0.4, -0.2) is 29.6 Å². The highest BCUT2D eigenvalue weighted by molar-refractivity contribution is 6.31. The second-order valence-electron chi connectivity index (χ2n) is 5.18. The van der Waals surface area contributed by atoms with E-state index in [-0.39, 0.29) is 18.9 Å². The first-order valence-corrected chi connectivity index (χ1v) is 7.46. The number of anilines is 1. The number of carboxylic acids is 1. The van der Waals surface area contributed by atoms with E-state index in [4.69, 9.17) is 16.3 Å². The maximum atomic E-state index is 12.7. The van der Waals surface area contributed by atoms with Crippen molar-refractivity contribution in [1.29, 1.82) is 0 Å². The minimum absolute atomic E-state index is 0.0321. The third kappa shape index (κ3) is 3.14. The largest absolute Gasteiger partial charge is 0.478 e. The van der Waals surface area contributed by atoms with E-state index in [9.17, 15) is 14.7 Å². The standard InChI is InChI=1S/C17H14ClNO4/c18-12-6-2-1-5-11(12)9-16(20)19-10-15(17(21)22)23-14-8-4-3-7-13(14)19/h1-8,15H,9-10H2,(H,21,22)/t15-/m0/s1. The highest BCUT2D eigenvalue weighted by atomic mass is 35.5. The summed E-state index contributed by atoms with van der Waals surface area (Å²) in [6.45, 7) is -0.0321. The molecule has 0 unspecified atom stereocenters. The molecule has 0 saturated carbocycles. The van der Waals surface area contributed by atoms with Crippen LogP contribution in [0.2, 0.25) is 5.02 Å². The van der Waals surface area contributed by atoms with Crippen molar-refractivity contribution in [3.63, 3.8) is 0 Å². The van der Waals surface area contributed by atoms with Crippen molar-refractivity contribution >= 4 is 29.2 Å². The van der Waals surface area contributed by atoms with Gasteiger partial charge in [0.2, 0.25) is 12.0 Å². The monoisotopic (exact) mass is 331 g/mol. The number of carbonyl (C=O) groups is 2. The molecule has 6 heteroatoms. The number of hydrogen-bond donors (Lipinski definition) is 1. The van der Waals surface area contributed by atoms with Gasteiger partial charge in [-0.1, -0.05) is 41.9 Å². The molecule has 118 valence electrons. The zero-order chi connectivity index (χ0) is 16.4. The van der Waals surface area contributed by atoms with Crippen molar-refractivity contribution in [3.05, 3.63) is 59.1 Å². The number of fused-ring (bicyclic) bond motifs is 1. The van der Waals surface area contributed by atoms with Crippen molar-refractivity contribution in [2.45, 2.75) is 12.5 Å². The van der Waals surface area contributed by atoms with Gasteiger partial charge in [0.15, 0.2) is 0 Å². The summed E-state index contributed by atoms with van der Waals surface area (Å²) in [5.74, 6) is -0.936. The van der Waals surface area contributed by atoms with E-state index in [1.807, 2.05) is 6.07 Å². The Bertz CT molecular complexity index is 762. The average Bonchev–Trinajstić information content (AvgIpc) is 2.55. The number of carbonyl (C=O) groups excluding carboxylic acids is 1. The Hall–Kier alpha value is -2.53. The molecular formula is C17H14ClNO4. The van der Waals surface area contributed by atoms with Crippen LogP contribution in [0.25, 0.3) is 0 Å². The number of carboxylic acid groups (broad SMARTS) is 1. The summed E-state index contributed by atoms with van der Waals surface area (Å²) >= 11 is 6.10. The van der Waals surface area contributed by atoms with Gasteiger partial charge in [-0.2, -0.15) is 0 Å². The Labute approximate surface area is 138 Å². The van der Waals surface area contributed by atoms with Gasteiger partial charge in [0.05, 0.1) is 18.7 Å². The summed E-state index contributed by atoms with van der Waals surface area (Å²) in [6.07, 6.45) is -0.986. The van der Waals surface area contributed by atoms with E-state index in [2.05, 4.69) is 0 Å². The van der Waals surface area contributed by atoms with Gasteiger partial charge in [0.25, 0.3) is 0 Å². The second kappa shape index (κ2) is 6.30. The lowest BCUT2D eigenvalue weighted by atomic mass is 10.1. The fourth-order valence-corrected chi connectivity index (χ4v) is 2.70. The molecule has 0 spiro atoms. The molecule has 0 fully saturated rings. The zero-order valence-electron chi connectivity index (χ0n) is 12.1. The molecule has 1 atom stereocenters. The molecule has 1 heterocycles. The van der Waals surface area contributed by atoms with Crippen LogP contribution in [0.3, 0.4) is 0 Å². The number of nitrogens with zero attached hydrogens (tertiary/aromatic N) is 1. The van der Waals surface area contributed by atoms with Crippen molar-refractivity contribution in [1.82, 2.24) is 0 Å². The summed E-state index contributed by atoms with van der Waals surface area (Å²) in [5.41, 5.74) is 1.28. The van der Waals surface area contributed by atoms with E-state index >= 15 is 0 Å². The normalized spacial score (nSPS) is 16.4. The van der Waals surface area contributed by atoms with Gasteiger partial charge in [0, 0.05) is 5.02 Å². The Morgan fingerprint density at radius 3 is 2.61 bits per heavy atom. The van der Waals surface area contributed by atoms with Gasteiger partial charge in [-0.15, -0.1) is 0 Å². The summed E-state index contributed by atoms with van der Waals surface area (Å²) in [6, 6.07) is 14.0. The molecule has 1 N–H and O–H groups in total. The van der Waals surface area contributed by atoms with Crippen molar-refractivity contribution in [2.24, 2.45) is 0 Å². The summed E-state index contributed by atoms with van der Waals surface area (Å²) in [5, 5.41) is 9.72. The number of hydrogen-bond acceptors (Lipinski definition) is 3. The molecule has 5 nitrogen and oxygen atoms in total. The summed E-state index contributed by atoms with van der Waals surface area (Å²) < 4.78 is 5.43. The van der Waals surface area contributed by atoms with Gasteiger partial charge in [0.1, 0.15) is 5.75 Å². The molecule has 0 aliphatic carbocycles. The summed E-state index contributed by atoms with van der Waals surface area (Å²) in [7, 11) is 0. The molecule has 0 saturated heterocycles. The smallest absolute Gasteiger partial charge is 0.346 e. The molecule has 23 heavy (non-hydrogen) atoms. The molecule has 2 aromatic carbocycles. The molecule has 3 rings (SSSR count). The van der Waals surface area contributed by atoms with E-state index in [0.29, 0.717) is 22.0 Å². The lowest BCUT2D eigenvalue weighted by molar-refractivity contribution is -0.145. The molecule has 0 bridgehead atoms. The van der Waals surface area contributed by atoms with Crippen LogP contribution in [0, 0.1) is 0 Å². The summed E-state index contributed by atoms with van der Waals surface area (Å²) in [4.78, 5) is 25.4. The maximum absolute atomic E-state index is 12.7. The topological polar surface area (TPSA) is 66.8 Å². The van der Waals surface area contributed by atoms with Gasteiger partial charge in [-0.3, -0.25) is 4.79 Å². The number of rotatable bonds is 3. The molecule has 1 amide bonds. The first kappa shape index (κ1) is 15.4. The molecule has 1 aliphatic rings. The quantitative estimate of drug-likeness (QED) is 0.939. The molecule has 0 radical (unpaired) electrons. The highest BCUT2D eigenvalue weighted by Gasteiger charge is 2.33. The molecule has 1 aliphatic heterocycles.